The van der Waals surface area contributed by atoms with Crippen molar-refractivity contribution >= 4 is 53.1 Å². The van der Waals surface area contributed by atoms with E-state index >= 15 is 0 Å². The summed E-state index contributed by atoms with van der Waals surface area (Å²) in [6, 6.07) is 1.46. The van der Waals surface area contributed by atoms with Gasteiger partial charge in [0.1, 0.15) is 0 Å². The van der Waals surface area contributed by atoms with Crippen LogP contribution in [0.1, 0.15) is 52.1 Å². The molecule has 2 unspecified atom stereocenters. The Hall–Kier alpha value is -0.890. The molecule has 9 heteroatoms. The molecular weight excluding hydrogens is 407 g/mol. The summed E-state index contributed by atoms with van der Waals surface area (Å²) in [5.74, 6) is 0.0346. The molecule has 27 heavy (non-hydrogen) atoms. The van der Waals surface area contributed by atoms with Crippen molar-refractivity contribution in [2.75, 3.05) is 12.4 Å². The molecule has 0 spiro atoms. The fourth-order valence-corrected chi connectivity index (χ4v) is 4.26. The molecule has 6 nitrogen and oxygen atoms in total. The number of fused-ring (bicyclic) bond motifs is 2. The Morgan fingerprint density at radius 2 is 1.85 bits per heavy atom. The molecule has 2 atom stereocenters. The third-order valence-electron chi connectivity index (χ3n) is 5.18. The number of rotatable bonds is 4. The van der Waals surface area contributed by atoms with E-state index < -0.39 is 5.41 Å². The van der Waals surface area contributed by atoms with Crippen LogP contribution in [-0.4, -0.2) is 46.9 Å². The van der Waals surface area contributed by atoms with Gasteiger partial charge in [-0.2, -0.15) is 0 Å². The minimum atomic E-state index is -0.462. The second kappa shape index (κ2) is 9.54. The number of likely N-dealkylation sites (N-methyl/N-ethyl adjacent to an activating group) is 1. The molecular formula is C18H30Cl2N4O2S. The van der Waals surface area contributed by atoms with E-state index in [0.29, 0.717) is 23.3 Å². The van der Waals surface area contributed by atoms with E-state index in [1.54, 1.807) is 0 Å². The van der Waals surface area contributed by atoms with Crippen molar-refractivity contribution < 1.29 is 9.59 Å². The van der Waals surface area contributed by atoms with Crippen LogP contribution in [0, 0.1) is 5.41 Å². The van der Waals surface area contributed by atoms with Crippen molar-refractivity contribution in [3.8, 4) is 0 Å². The third-order valence-corrected chi connectivity index (χ3v) is 5.98. The van der Waals surface area contributed by atoms with Crippen LogP contribution in [0.3, 0.4) is 0 Å². The Bertz CT molecular complexity index is 650. The molecule has 1 aromatic rings. The smallest absolute Gasteiger partial charge is 0.231 e. The van der Waals surface area contributed by atoms with Crippen LogP contribution in [-0.2, 0) is 16.0 Å². The fourth-order valence-electron chi connectivity index (χ4n) is 3.56. The lowest BCUT2D eigenvalue weighted by Gasteiger charge is -2.35. The van der Waals surface area contributed by atoms with E-state index in [1.165, 1.54) is 24.2 Å². The number of hydrogen-bond donors (Lipinski definition) is 2. The molecule has 0 radical (unpaired) electrons. The van der Waals surface area contributed by atoms with Gasteiger partial charge >= 0.3 is 0 Å². The van der Waals surface area contributed by atoms with Gasteiger partial charge in [0.05, 0.1) is 12.1 Å². The molecule has 2 aliphatic heterocycles. The van der Waals surface area contributed by atoms with Crippen LogP contribution in [0.25, 0.3) is 0 Å². The summed E-state index contributed by atoms with van der Waals surface area (Å²) in [6.45, 7) is 5.59. The van der Waals surface area contributed by atoms with E-state index in [9.17, 15) is 9.59 Å². The van der Waals surface area contributed by atoms with Crippen LogP contribution in [0.15, 0.2) is 5.38 Å². The lowest BCUT2D eigenvalue weighted by molar-refractivity contribution is -0.132. The third kappa shape index (κ3) is 6.04. The molecule has 3 rings (SSSR count). The van der Waals surface area contributed by atoms with Gasteiger partial charge in [0.2, 0.25) is 11.8 Å². The Labute approximate surface area is 177 Å². The van der Waals surface area contributed by atoms with Gasteiger partial charge in [0, 0.05) is 36.0 Å². The quantitative estimate of drug-likeness (QED) is 0.759. The van der Waals surface area contributed by atoms with Gasteiger partial charge in [-0.25, -0.2) is 4.98 Å². The van der Waals surface area contributed by atoms with Gasteiger partial charge in [0.25, 0.3) is 0 Å². The number of anilines is 1. The van der Waals surface area contributed by atoms with Gasteiger partial charge in [-0.1, -0.05) is 20.8 Å². The maximum absolute atomic E-state index is 12.6. The molecule has 0 aromatic carbocycles. The number of halogens is 2. The number of thiazole rings is 1. The molecule has 1 aromatic heterocycles. The number of amides is 2. The number of hydrogen-bond acceptors (Lipinski definition) is 5. The first-order valence-electron chi connectivity index (χ1n) is 9.00. The highest BCUT2D eigenvalue weighted by atomic mass is 35.5. The maximum atomic E-state index is 12.6. The number of piperidine rings is 1. The van der Waals surface area contributed by atoms with Crippen LogP contribution >= 0.6 is 36.2 Å². The molecule has 2 amide bonds. The number of carbonyl (C=O) groups excluding carboxylic acids is 2. The summed E-state index contributed by atoms with van der Waals surface area (Å²) in [5, 5.41) is 8.85. The maximum Gasteiger partial charge on any atom is 0.231 e. The fraction of sp³-hybridized carbons (Fsp3) is 0.722. The monoisotopic (exact) mass is 436 g/mol. The van der Waals surface area contributed by atoms with Gasteiger partial charge in [-0.05, 0) is 25.7 Å². The largest absolute Gasteiger partial charge is 0.342 e. The van der Waals surface area contributed by atoms with Crippen molar-refractivity contribution in [1.29, 1.82) is 0 Å². The standard InChI is InChI=1S/C18H28N4O2S.2ClH/c1-18(2,3)16(24)21-17-20-13(10-25-17)9-15(23)22(4)14-7-11-5-6-12(8-14)19-11;;/h10-12,14,19H,5-9H2,1-4H3,(H,20,21,24);2*1H. The highest BCUT2D eigenvalue weighted by Gasteiger charge is 2.36. The molecule has 2 bridgehead atoms. The van der Waals surface area contributed by atoms with Crippen molar-refractivity contribution in [2.24, 2.45) is 5.41 Å². The Morgan fingerprint density at radius 3 is 2.41 bits per heavy atom. The average Bonchev–Trinajstić information content (AvgIpc) is 3.11. The molecule has 2 aliphatic rings. The zero-order valence-corrected chi connectivity index (χ0v) is 18.7. The van der Waals surface area contributed by atoms with Crippen LogP contribution < -0.4 is 10.6 Å². The van der Waals surface area contributed by atoms with Gasteiger partial charge < -0.3 is 15.5 Å². The highest BCUT2D eigenvalue weighted by Crippen LogP contribution is 2.29. The summed E-state index contributed by atoms with van der Waals surface area (Å²) in [5.41, 5.74) is 0.263. The number of carbonyl (C=O) groups is 2. The van der Waals surface area contributed by atoms with Gasteiger partial charge in [0.15, 0.2) is 5.13 Å². The second-order valence-corrected chi connectivity index (χ2v) is 9.15. The summed E-state index contributed by atoms with van der Waals surface area (Å²) >= 11 is 1.37. The summed E-state index contributed by atoms with van der Waals surface area (Å²) in [4.78, 5) is 30.9. The SMILES string of the molecule is CN(C(=O)Cc1csc(NC(=O)C(C)(C)C)n1)C1CC2CCC(C1)N2.Cl.Cl. The zero-order chi connectivity index (χ0) is 18.2. The summed E-state index contributed by atoms with van der Waals surface area (Å²) < 4.78 is 0. The predicted octanol–water partition coefficient (Wildman–Crippen LogP) is 3.26. The van der Waals surface area contributed by atoms with Gasteiger partial charge in [-0.3, -0.25) is 9.59 Å². The topological polar surface area (TPSA) is 74.3 Å². The number of aromatic nitrogens is 1. The number of nitrogens with one attached hydrogen (secondary N) is 2. The molecule has 3 heterocycles. The molecule has 0 aliphatic carbocycles. The van der Waals surface area contributed by atoms with Crippen LogP contribution in [0.5, 0.6) is 0 Å². The summed E-state index contributed by atoms with van der Waals surface area (Å²) in [6.07, 6.45) is 4.83. The minimum Gasteiger partial charge on any atom is -0.342 e. The highest BCUT2D eigenvalue weighted by molar-refractivity contribution is 7.13. The minimum absolute atomic E-state index is 0. The average molecular weight is 437 g/mol. The first kappa shape index (κ1) is 24.1. The van der Waals surface area contributed by atoms with E-state index in [4.69, 9.17) is 0 Å². The van der Waals surface area contributed by atoms with Crippen LogP contribution in [0.2, 0.25) is 0 Å². The lowest BCUT2D eigenvalue weighted by Crippen LogP contribution is -2.49. The van der Waals surface area contributed by atoms with E-state index in [-0.39, 0.29) is 43.0 Å². The molecule has 0 saturated carbocycles. The van der Waals surface area contributed by atoms with E-state index in [2.05, 4.69) is 15.6 Å². The van der Waals surface area contributed by atoms with Crippen molar-refractivity contribution in [1.82, 2.24) is 15.2 Å². The second-order valence-electron chi connectivity index (χ2n) is 8.29. The Morgan fingerprint density at radius 1 is 1.26 bits per heavy atom. The number of nitrogens with zero attached hydrogens (tertiary/aromatic N) is 2. The molecule has 2 N–H and O–H groups in total. The Balaban J connectivity index is 0.00000182. The first-order valence-corrected chi connectivity index (χ1v) is 9.88. The van der Waals surface area contributed by atoms with Crippen molar-refractivity contribution in [3.05, 3.63) is 11.1 Å². The van der Waals surface area contributed by atoms with Gasteiger partial charge in [-0.15, -0.1) is 36.2 Å². The summed E-state index contributed by atoms with van der Waals surface area (Å²) in [7, 11) is 1.91. The van der Waals surface area contributed by atoms with E-state index in [0.717, 1.165) is 18.5 Å². The Kier molecular flexibility index (Phi) is 8.53. The molecule has 2 saturated heterocycles. The zero-order valence-electron chi connectivity index (χ0n) is 16.3. The predicted molar refractivity (Wildman–Crippen MR) is 114 cm³/mol. The van der Waals surface area contributed by atoms with E-state index in [1.807, 2.05) is 38.1 Å². The lowest BCUT2D eigenvalue weighted by atomic mass is 9.96. The first-order chi connectivity index (χ1) is 11.7. The van der Waals surface area contributed by atoms with Crippen molar-refractivity contribution in [2.45, 2.75) is 71.0 Å². The molecule has 154 valence electrons. The van der Waals surface area contributed by atoms with Crippen molar-refractivity contribution in [3.63, 3.8) is 0 Å². The normalized spacial score (nSPS) is 23.8. The van der Waals surface area contributed by atoms with Crippen LogP contribution in [0.4, 0.5) is 5.13 Å². The molecule has 2 fully saturated rings.